The fraction of sp³-hybridized carbons (Fsp3) is 0.793. The largest absolute Gasteiger partial charge is 0.465 e. The highest BCUT2D eigenvalue weighted by atomic mass is 16.6. The standard InChI is InChI=1S/C29H47N3O6/c1-9-36-24(33)29(23-18-31(19-30-23)22-14-12-20(2)13-15-22)17-21(29)11-10-16-32(25(34)37-27(3,4)5)26(35)38-28(6,7)8/h18-22H,9-17H2,1-8H3/t20?,21-,22?,29+/m1/s1. The molecule has 1 heterocycles. The van der Waals surface area contributed by atoms with Crippen LogP contribution in [0, 0.1) is 11.8 Å². The van der Waals surface area contributed by atoms with Crippen LogP contribution >= 0.6 is 0 Å². The van der Waals surface area contributed by atoms with Crippen molar-refractivity contribution < 1.29 is 28.6 Å². The number of aromatic nitrogens is 2. The summed E-state index contributed by atoms with van der Waals surface area (Å²) in [7, 11) is 0. The Morgan fingerprint density at radius 2 is 1.61 bits per heavy atom. The number of esters is 1. The highest BCUT2D eigenvalue weighted by Gasteiger charge is 2.63. The zero-order valence-electron chi connectivity index (χ0n) is 24.5. The van der Waals surface area contributed by atoms with Crippen molar-refractivity contribution >= 4 is 18.2 Å². The zero-order chi connectivity index (χ0) is 28.3. The van der Waals surface area contributed by atoms with Gasteiger partial charge in [-0.3, -0.25) is 4.79 Å². The van der Waals surface area contributed by atoms with E-state index in [0.29, 0.717) is 31.9 Å². The molecule has 2 aliphatic carbocycles. The van der Waals surface area contributed by atoms with Crippen LogP contribution in [0.5, 0.6) is 0 Å². The first-order valence-electron chi connectivity index (χ1n) is 14.1. The van der Waals surface area contributed by atoms with Crippen molar-refractivity contribution in [1.82, 2.24) is 14.5 Å². The Hall–Kier alpha value is -2.58. The second-order valence-corrected chi connectivity index (χ2v) is 13.0. The number of amides is 2. The molecule has 3 rings (SSSR count). The van der Waals surface area contributed by atoms with Gasteiger partial charge in [0.2, 0.25) is 0 Å². The van der Waals surface area contributed by atoms with E-state index in [4.69, 9.17) is 14.2 Å². The van der Waals surface area contributed by atoms with Crippen LogP contribution in [0.15, 0.2) is 12.5 Å². The number of hydrogen-bond acceptors (Lipinski definition) is 7. The molecule has 0 spiro atoms. The van der Waals surface area contributed by atoms with Gasteiger partial charge in [0.1, 0.15) is 16.6 Å². The van der Waals surface area contributed by atoms with E-state index in [1.165, 1.54) is 12.8 Å². The normalized spacial score (nSPS) is 25.4. The van der Waals surface area contributed by atoms with E-state index in [-0.39, 0.29) is 18.4 Å². The van der Waals surface area contributed by atoms with E-state index in [9.17, 15) is 14.4 Å². The molecular formula is C29H47N3O6. The molecule has 214 valence electrons. The fourth-order valence-corrected chi connectivity index (χ4v) is 5.30. The first-order valence-corrected chi connectivity index (χ1v) is 14.1. The number of nitrogens with zero attached hydrogens (tertiary/aromatic N) is 3. The van der Waals surface area contributed by atoms with Gasteiger partial charge >= 0.3 is 18.2 Å². The molecule has 1 aromatic heterocycles. The van der Waals surface area contributed by atoms with Crippen LogP contribution in [0.1, 0.15) is 112 Å². The van der Waals surface area contributed by atoms with Gasteiger partial charge in [-0.25, -0.2) is 19.5 Å². The third-order valence-electron chi connectivity index (χ3n) is 7.37. The third kappa shape index (κ3) is 7.50. The van der Waals surface area contributed by atoms with Crippen LogP contribution in [-0.4, -0.2) is 57.0 Å². The Morgan fingerprint density at radius 1 is 1.03 bits per heavy atom. The smallest absolute Gasteiger partial charge is 0.419 e. The predicted molar refractivity (Wildman–Crippen MR) is 144 cm³/mol. The minimum Gasteiger partial charge on any atom is -0.465 e. The maximum absolute atomic E-state index is 13.2. The maximum Gasteiger partial charge on any atom is 0.419 e. The monoisotopic (exact) mass is 533 g/mol. The molecule has 0 radical (unpaired) electrons. The summed E-state index contributed by atoms with van der Waals surface area (Å²) in [6, 6.07) is 0.417. The van der Waals surface area contributed by atoms with Crippen molar-refractivity contribution in [2.24, 2.45) is 11.8 Å². The molecular weight excluding hydrogens is 486 g/mol. The second kappa shape index (κ2) is 11.7. The van der Waals surface area contributed by atoms with Gasteiger partial charge in [0.15, 0.2) is 0 Å². The molecule has 0 N–H and O–H groups in total. The predicted octanol–water partition coefficient (Wildman–Crippen LogP) is 6.41. The molecule has 9 nitrogen and oxygen atoms in total. The summed E-state index contributed by atoms with van der Waals surface area (Å²) in [5.41, 5.74) is -1.51. The van der Waals surface area contributed by atoms with Gasteiger partial charge in [-0.05, 0) is 105 Å². The lowest BCUT2D eigenvalue weighted by molar-refractivity contribution is -0.146. The quantitative estimate of drug-likeness (QED) is 0.281. The Balaban J connectivity index is 1.69. The van der Waals surface area contributed by atoms with Crippen LogP contribution in [0.3, 0.4) is 0 Å². The van der Waals surface area contributed by atoms with Gasteiger partial charge in [-0.2, -0.15) is 0 Å². The highest BCUT2D eigenvalue weighted by Crippen LogP contribution is 2.57. The Morgan fingerprint density at radius 3 is 2.13 bits per heavy atom. The molecule has 0 aromatic carbocycles. The molecule has 2 fully saturated rings. The van der Waals surface area contributed by atoms with E-state index < -0.39 is 28.8 Å². The maximum atomic E-state index is 13.2. The average molecular weight is 534 g/mol. The Bertz CT molecular complexity index is 955. The summed E-state index contributed by atoms with van der Waals surface area (Å²) in [4.78, 5) is 44.5. The molecule has 2 saturated carbocycles. The lowest BCUT2D eigenvalue weighted by atomic mass is 9.87. The average Bonchev–Trinajstić information content (AvgIpc) is 3.30. The van der Waals surface area contributed by atoms with E-state index in [1.807, 2.05) is 19.4 Å². The van der Waals surface area contributed by atoms with Gasteiger partial charge in [0, 0.05) is 18.8 Å². The third-order valence-corrected chi connectivity index (χ3v) is 7.37. The van der Waals surface area contributed by atoms with E-state index in [0.717, 1.165) is 29.4 Å². The molecule has 2 aliphatic rings. The van der Waals surface area contributed by atoms with Gasteiger partial charge in [0.05, 0.1) is 18.6 Å². The molecule has 2 amide bonds. The summed E-state index contributed by atoms with van der Waals surface area (Å²) in [5.74, 6) is 0.535. The molecule has 0 aliphatic heterocycles. The summed E-state index contributed by atoms with van der Waals surface area (Å²) in [6.07, 6.45) is 8.86. The van der Waals surface area contributed by atoms with E-state index in [1.54, 1.807) is 41.5 Å². The molecule has 0 saturated heterocycles. The number of carbonyl (C=O) groups excluding carboxylic acids is 3. The zero-order valence-corrected chi connectivity index (χ0v) is 24.5. The topological polar surface area (TPSA) is 100.0 Å². The number of ether oxygens (including phenoxy) is 3. The van der Waals surface area contributed by atoms with Crippen LogP contribution in [0.25, 0.3) is 0 Å². The van der Waals surface area contributed by atoms with E-state index >= 15 is 0 Å². The lowest BCUT2D eigenvalue weighted by Crippen LogP contribution is -2.44. The van der Waals surface area contributed by atoms with Crippen LogP contribution in [0.4, 0.5) is 9.59 Å². The summed E-state index contributed by atoms with van der Waals surface area (Å²) >= 11 is 0. The van der Waals surface area contributed by atoms with Crippen molar-refractivity contribution in [1.29, 1.82) is 0 Å². The van der Waals surface area contributed by atoms with Crippen molar-refractivity contribution in [2.75, 3.05) is 13.2 Å². The molecule has 0 bridgehead atoms. The van der Waals surface area contributed by atoms with Crippen molar-refractivity contribution in [3.8, 4) is 0 Å². The van der Waals surface area contributed by atoms with Crippen LogP contribution in [-0.2, 0) is 24.4 Å². The van der Waals surface area contributed by atoms with Crippen molar-refractivity contribution in [2.45, 2.75) is 123 Å². The number of hydrogen-bond donors (Lipinski definition) is 0. The number of carbonyl (C=O) groups is 3. The Kier molecular flexibility index (Phi) is 9.20. The number of rotatable bonds is 8. The highest BCUT2D eigenvalue weighted by molar-refractivity contribution is 5.88. The van der Waals surface area contributed by atoms with Gasteiger partial charge < -0.3 is 18.8 Å². The minimum atomic E-state index is -0.772. The molecule has 2 atom stereocenters. The van der Waals surface area contributed by atoms with Gasteiger partial charge in [0.25, 0.3) is 0 Å². The molecule has 1 aromatic rings. The summed E-state index contributed by atoms with van der Waals surface area (Å²) < 4.78 is 18.6. The lowest BCUT2D eigenvalue weighted by Gasteiger charge is -2.28. The fourth-order valence-electron chi connectivity index (χ4n) is 5.30. The number of imide groups is 1. The summed E-state index contributed by atoms with van der Waals surface area (Å²) in [5, 5.41) is 0. The SMILES string of the molecule is CCOC(=O)[C@@]1(c2cn(C3CCC(C)CC3)cn2)C[C@H]1CCCN(C(=O)OC(C)(C)C)C(=O)OC(C)(C)C. The van der Waals surface area contributed by atoms with Gasteiger partial charge in [-0.1, -0.05) is 6.92 Å². The van der Waals surface area contributed by atoms with Crippen LogP contribution in [0.2, 0.25) is 0 Å². The first-order chi connectivity index (χ1) is 17.7. The molecule has 38 heavy (non-hydrogen) atoms. The Labute approximate surface area is 227 Å². The summed E-state index contributed by atoms with van der Waals surface area (Å²) in [6.45, 7) is 15.1. The number of imidazole rings is 1. The first kappa shape index (κ1) is 30.0. The van der Waals surface area contributed by atoms with Gasteiger partial charge in [-0.15, -0.1) is 0 Å². The van der Waals surface area contributed by atoms with E-state index in [2.05, 4.69) is 16.5 Å². The molecule has 0 unspecified atom stereocenters. The van der Waals surface area contributed by atoms with Crippen LogP contribution < -0.4 is 0 Å². The molecule has 9 heteroatoms. The minimum absolute atomic E-state index is 0.0235. The van der Waals surface area contributed by atoms with Crippen molar-refractivity contribution in [3.63, 3.8) is 0 Å². The second-order valence-electron chi connectivity index (χ2n) is 13.0. The van der Waals surface area contributed by atoms with Crippen molar-refractivity contribution in [3.05, 3.63) is 18.2 Å².